The molecule has 5 aliphatic rings. The number of aryl methyl sites for hydroxylation is 1. The molecule has 42 heavy (non-hydrogen) atoms. The number of hydrogen-bond donors (Lipinski definition) is 1. The summed E-state index contributed by atoms with van der Waals surface area (Å²) in [6, 6.07) is 15.2. The van der Waals surface area contributed by atoms with Gasteiger partial charge in [-0.1, -0.05) is 56.2 Å². The summed E-state index contributed by atoms with van der Waals surface area (Å²) in [5.74, 6) is 1.71. The maximum absolute atomic E-state index is 12.9. The Kier molecular flexibility index (Phi) is 7.60. The summed E-state index contributed by atoms with van der Waals surface area (Å²) < 4.78 is 12.7. The molecular formula is C36H48N2O4. The van der Waals surface area contributed by atoms with Crippen molar-refractivity contribution in [2.45, 2.75) is 114 Å². The van der Waals surface area contributed by atoms with Crippen LogP contribution in [0.15, 0.2) is 42.5 Å². The predicted octanol–water partition coefficient (Wildman–Crippen LogP) is 5.67. The van der Waals surface area contributed by atoms with Crippen molar-refractivity contribution in [1.82, 2.24) is 9.80 Å². The molecule has 6 nitrogen and oxygen atoms in total. The molecular weight excluding hydrogens is 524 g/mol. The third-order valence-corrected chi connectivity index (χ3v) is 11.3. The van der Waals surface area contributed by atoms with E-state index in [1.807, 2.05) is 6.07 Å². The van der Waals surface area contributed by atoms with Crippen LogP contribution in [0.3, 0.4) is 0 Å². The number of unbranched alkanes of at least 4 members (excludes halogenated alkanes) is 3. The summed E-state index contributed by atoms with van der Waals surface area (Å²) in [4.78, 5) is 17.3. The van der Waals surface area contributed by atoms with Crippen LogP contribution in [-0.2, 0) is 23.1 Å². The lowest BCUT2D eigenvalue weighted by Crippen LogP contribution is -2.78. The number of rotatable bonds is 12. The van der Waals surface area contributed by atoms with E-state index in [1.54, 1.807) is 0 Å². The molecule has 2 heterocycles. The highest BCUT2D eigenvalue weighted by molar-refractivity contribution is 5.72. The summed E-state index contributed by atoms with van der Waals surface area (Å²) in [5, 5.41) is 12.9. The zero-order valence-corrected chi connectivity index (χ0v) is 25.5. The summed E-state index contributed by atoms with van der Waals surface area (Å²) in [7, 11) is 0. The zero-order chi connectivity index (χ0) is 28.9. The van der Waals surface area contributed by atoms with Gasteiger partial charge in [0.25, 0.3) is 0 Å². The average molecular weight is 573 g/mol. The van der Waals surface area contributed by atoms with Gasteiger partial charge in [-0.3, -0.25) is 14.6 Å². The highest BCUT2D eigenvalue weighted by atomic mass is 16.6. The van der Waals surface area contributed by atoms with Crippen LogP contribution in [0.4, 0.5) is 0 Å². The number of carbonyl (C=O) groups excluding carboxylic acids is 1. The Labute approximate surface area is 251 Å². The van der Waals surface area contributed by atoms with Crippen molar-refractivity contribution in [3.8, 4) is 11.5 Å². The molecule has 3 fully saturated rings. The molecule has 226 valence electrons. The number of ether oxygens (including phenoxy) is 2. The molecule has 0 aromatic heterocycles. The Morgan fingerprint density at radius 2 is 1.88 bits per heavy atom. The lowest BCUT2D eigenvalue weighted by molar-refractivity contribution is -0.200. The molecule has 2 saturated carbocycles. The maximum atomic E-state index is 12.9. The first-order chi connectivity index (χ1) is 20.4. The average Bonchev–Trinajstić information content (AvgIpc) is 3.73. The number of aliphatic hydroxyl groups is 1. The van der Waals surface area contributed by atoms with E-state index in [1.165, 1.54) is 56.6 Å². The topological polar surface area (TPSA) is 62.2 Å². The van der Waals surface area contributed by atoms with Crippen LogP contribution in [0.2, 0.25) is 0 Å². The standard InChI is InChI=1S/C36H48N2O4/c1-3-37(21-10-5-4-7-11-26-12-8-6-9-13-26)29-18-19-36(40)31-23-28-16-17-30(41-25(2)39)33-32(28)35(36,34(29)42-33)20-22-38(31)24-27-14-15-27/h6,8-9,12-13,16-17,27,29,31,34,40H,3-5,7,10-11,14-15,18-24H2,1-2H3/t29?,31-,34?,35+,36-/m1/s1. The smallest absolute Gasteiger partial charge is 0.308 e. The number of carbonyl (C=O) groups is 1. The van der Waals surface area contributed by atoms with E-state index < -0.39 is 11.0 Å². The quantitative estimate of drug-likeness (QED) is 0.201. The molecule has 7 rings (SSSR count). The zero-order valence-electron chi connectivity index (χ0n) is 25.5. The predicted molar refractivity (Wildman–Crippen MR) is 164 cm³/mol. The number of piperidine rings is 1. The number of hydrogen-bond acceptors (Lipinski definition) is 6. The molecule has 2 aromatic carbocycles. The maximum Gasteiger partial charge on any atom is 0.308 e. The summed E-state index contributed by atoms with van der Waals surface area (Å²) in [6.45, 7) is 7.86. The number of benzene rings is 2. The normalized spacial score (nSPS) is 31.1. The molecule has 0 radical (unpaired) electrons. The highest BCUT2D eigenvalue weighted by Crippen LogP contribution is 2.66. The largest absolute Gasteiger partial charge is 0.483 e. The molecule has 1 spiro atoms. The Morgan fingerprint density at radius 3 is 2.64 bits per heavy atom. The van der Waals surface area contributed by atoms with Crippen LogP contribution in [-0.4, -0.2) is 70.8 Å². The fourth-order valence-corrected chi connectivity index (χ4v) is 9.25. The minimum absolute atomic E-state index is 0.122. The first kappa shape index (κ1) is 28.4. The second kappa shape index (κ2) is 11.3. The van der Waals surface area contributed by atoms with Crippen molar-refractivity contribution >= 4 is 5.97 Å². The van der Waals surface area contributed by atoms with E-state index in [2.05, 4.69) is 53.1 Å². The first-order valence-corrected chi connectivity index (χ1v) is 16.7. The Morgan fingerprint density at radius 1 is 1.07 bits per heavy atom. The van der Waals surface area contributed by atoms with Gasteiger partial charge in [-0.2, -0.15) is 0 Å². The summed E-state index contributed by atoms with van der Waals surface area (Å²) in [5.41, 5.74) is 2.58. The monoisotopic (exact) mass is 572 g/mol. The van der Waals surface area contributed by atoms with Gasteiger partial charge in [0.2, 0.25) is 0 Å². The van der Waals surface area contributed by atoms with Crippen molar-refractivity contribution in [2.24, 2.45) is 5.92 Å². The fraction of sp³-hybridized carbons (Fsp3) is 0.639. The fourth-order valence-electron chi connectivity index (χ4n) is 9.25. The van der Waals surface area contributed by atoms with Crippen LogP contribution >= 0.6 is 0 Å². The van der Waals surface area contributed by atoms with Crippen LogP contribution in [0.25, 0.3) is 0 Å². The van der Waals surface area contributed by atoms with Gasteiger partial charge in [-0.15, -0.1) is 0 Å². The highest BCUT2D eigenvalue weighted by Gasteiger charge is 2.73. The molecule has 6 heteroatoms. The third kappa shape index (κ3) is 4.69. The lowest BCUT2D eigenvalue weighted by Gasteiger charge is -2.65. The van der Waals surface area contributed by atoms with Gasteiger partial charge < -0.3 is 14.6 Å². The van der Waals surface area contributed by atoms with E-state index >= 15 is 0 Å². The Bertz CT molecular complexity index is 1290. The van der Waals surface area contributed by atoms with Crippen molar-refractivity contribution in [3.05, 3.63) is 59.2 Å². The van der Waals surface area contributed by atoms with Gasteiger partial charge in [-0.25, -0.2) is 0 Å². The van der Waals surface area contributed by atoms with Crippen LogP contribution in [0.5, 0.6) is 11.5 Å². The summed E-state index contributed by atoms with van der Waals surface area (Å²) >= 11 is 0. The SMILES string of the molecule is CCN(CCCCCCc1ccccc1)C1CC[C@@]2(O)[C@H]3Cc4ccc(OC(C)=O)c5c4[C@@]2(CCN3CC2CC2)C1O5. The number of esters is 1. The molecule has 2 unspecified atom stereocenters. The van der Waals surface area contributed by atoms with Crippen LogP contribution in [0, 0.1) is 5.92 Å². The van der Waals surface area contributed by atoms with E-state index in [9.17, 15) is 9.90 Å². The number of likely N-dealkylation sites (N-methyl/N-ethyl adjacent to an activating group) is 1. The van der Waals surface area contributed by atoms with E-state index in [-0.39, 0.29) is 24.2 Å². The molecule has 3 aliphatic carbocycles. The van der Waals surface area contributed by atoms with Crippen molar-refractivity contribution < 1.29 is 19.4 Å². The van der Waals surface area contributed by atoms with Crippen molar-refractivity contribution in [3.63, 3.8) is 0 Å². The van der Waals surface area contributed by atoms with Gasteiger partial charge in [0.15, 0.2) is 11.5 Å². The molecule has 1 N–H and O–H groups in total. The van der Waals surface area contributed by atoms with Crippen molar-refractivity contribution in [1.29, 1.82) is 0 Å². The minimum Gasteiger partial charge on any atom is -0.483 e. The summed E-state index contributed by atoms with van der Waals surface area (Å²) in [6.07, 6.45) is 12.0. The number of nitrogens with zero attached hydrogens (tertiary/aromatic N) is 2. The Balaban J connectivity index is 1.12. The Hall–Kier alpha value is -2.41. The van der Waals surface area contributed by atoms with Gasteiger partial charge in [0.1, 0.15) is 6.10 Å². The first-order valence-electron chi connectivity index (χ1n) is 16.7. The van der Waals surface area contributed by atoms with E-state index in [4.69, 9.17) is 9.47 Å². The molecule has 2 bridgehead atoms. The lowest BCUT2D eigenvalue weighted by atomic mass is 9.48. The van der Waals surface area contributed by atoms with Gasteiger partial charge in [-0.05, 0) is 101 Å². The molecule has 2 aromatic rings. The second-order valence-electron chi connectivity index (χ2n) is 13.7. The second-order valence-corrected chi connectivity index (χ2v) is 13.7. The third-order valence-electron chi connectivity index (χ3n) is 11.3. The van der Waals surface area contributed by atoms with Crippen molar-refractivity contribution in [2.75, 3.05) is 26.2 Å². The molecule has 0 amide bonds. The molecule has 2 aliphatic heterocycles. The minimum atomic E-state index is -0.828. The molecule has 1 saturated heterocycles. The van der Waals surface area contributed by atoms with Gasteiger partial charge >= 0.3 is 5.97 Å². The van der Waals surface area contributed by atoms with Crippen LogP contribution < -0.4 is 9.47 Å². The van der Waals surface area contributed by atoms with Gasteiger partial charge in [0.05, 0.1) is 11.0 Å². The van der Waals surface area contributed by atoms with Gasteiger partial charge in [0, 0.05) is 31.1 Å². The van der Waals surface area contributed by atoms with E-state index in [0.717, 1.165) is 75.5 Å². The van der Waals surface area contributed by atoms with Crippen LogP contribution in [0.1, 0.15) is 88.3 Å². The van der Waals surface area contributed by atoms with E-state index in [0.29, 0.717) is 5.75 Å². The molecule has 5 atom stereocenters. The number of likely N-dealkylation sites (tertiary alicyclic amines) is 1.